The number of rotatable bonds is 4. The van der Waals surface area contributed by atoms with Crippen molar-refractivity contribution in [3.63, 3.8) is 0 Å². The highest BCUT2D eigenvalue weighted by Gasteiger charge is 2.16. The Morgan fingerprint density at radius 1 is 1.15 bits per heavy atom. The summed E-state index contributed by atoms with van der Waals surface area (Å²) in [6.07, 6.45) is 9.25. The zero-order valence-electron chi connectivity index (χ0n) is 14.4. The number of nitrogens with one attached hydrogen (secondary N) is 1. The van der Waals surface area contributed by atoms with E-state index in [0.29, 0.717) is 17.1 Å². The van der Waals surface area contributed by atoms with E-state index in [1.165, 1.54) is 0 Å². The minimum Gasteiger partial charge on any atom is -0.381 e. The van der Waals surface area contributed by atoms with E-state index in [0.717, 1.165) is 48.6 Å². The molecule has 1 aliphatic rings. The molecule has 3 aromatic heterocycles. The van der Waals surface area contributed by atoms with Gasteiger partial charge in [0.1, 0.15) is 5.15 Å². The number of anilines is 2. The van der Waals surface area contributed by atoms with Crippen LogP contribution in [0.1, 0.15) is 24.4 Å². The molecule has 1 fully saturated rings. The average molecular weight is 371 g/mol. The average Bonchev–Trinajstić information content (AvgIpc) is 3.13. The van der Waals surface area contributed by atoms with E-state index in [1.54, 1.807) is 24.7 Å². The molecule has 4 rings (SSSR count). The van der Waals surface area contributed by atoms with Crippen LogP contribution in [0, 0.1) is 6.92 Å². The molecule has 0 spiro atoms. The van der Waals surface area contributed by atoms with Gasteiger partial charge >= 0.3 is 0 Å². The van der Waals surface area contributed by atoms with Crippen molar-refractivity contribution in [1.29, 1.82) is 0 Å². The zero-order valence-corrected chi connectivity index (χ0v) is 15.1. The van der Waals surface area contributed by atoms with Gasteiger partial charge in [0.05, 0.1) is 23.6 Å². The minimum absolute atomic E-state index is 0.383. The van der Waals surface area contributed by atoms with Crippen molar-refractivity contribution in [2.45, 2.75) is 25.8 Å². The Morgan fingerprint density at radius 2 is 2.00 bits per heavy atom. The molecule has 0 atom stereocenters. The number of ether oxygens (including phenoxy) is 1. The Hall–Kier alpha value is -2.51. The van der Waals surface area contributed by atoms with Crippen LogP contribution < -0.4 is 5.32 Å². The molecular formula is C18H19ClN6O. The Balaban J connectivity index is 1.54. The number of hydrogen-bond donors (Lipinski definition) is 1. The fraction of sp³-hybridized carbons (Fsp3) is 0.333. The lowest BCUT2D eigenvalue weighted by molar-refractivity contribution is 0.0662. The molecule has 1 N–H and O–H groups in total. The van der Waals surface area contributed by atoms with E-state index < -0.39 is 0 Å². The maximum Gasteiger partial charge on any atom is 0.227 e. The highest BCUT2D eigenvalue weighted by Crippen LogP contribution is 2.25. The van der Waals surface area contributed by atoms with E-state index in [1.807, 2.05) is 23.9 Å². The lowest BCUT2D eigenvalue weighted by Crippen LogP contribution is -2.19. The van der Waals surface area contributed by atoms with Gasteiger partial charge < -0.3 is 10.1 Å². The molecule has 0 amide bonds. The molecule has 0 aromatic carbocycles. The van der Waals surface area contributed by atoms with Crippen LogP contribution in [-0.4, -0.2) is 37.9 Å². The molecule has 1 saturated heterocycles. The van der Waals surface area contributed by atoms with Crippen LogP contribution in [0.2, 0.25) is 5.15 Å². The Kier molecular flexibility index (Phi) is 4.81. The summed E-state index contributed by atoms with van der Waals surface area (Å²) in [4.78, 5) is 13.1. The van der Waals surface area contributed by atoms with E-state index >= 15 is 0 Å². The maximum absolute atomic E-state index is 5.87. The van der Waals surface area contributed by atoms with Gasteiger partial charge in [-0.2, -0.15) is 5.10 Å². The fourth-order valence-corrected chi connectivity index (χ4v) is 3.10. The second-order valence-electron chi connectivity index (χ2n) is 6.27. The van der Waals surface area contributed by atoms with E-state index in [2.05, 4.69) is 25.4 Å². The van der Waals surface area contributed by atoms with Gasteiger partial charge in [-0.3, -0.25) is 4.68 Å². The van der Waals surface area contributed by atoms with Gasteiger partial charge in [0, 0.05) is 37.4 Å². The molecule has 8 heteroatoms. The van der Waals surface area contributed by atoms with Crippen molar-refractivity contribution in [2.75, 3.05) is 18.5 Å². The van der Waals surface area contributed by atoms with Gasteiger partial charge in [-0.25, -0.2) is 15.0 Å². The summed E-state index contributed by atoms with van der Waals surface area (Å²) in [6.45, 7) is 3.54. The predicted molar refractivity (Wildman–Crippen MR) is 99.6 cm³/mol. The molecule has 7 nitrogen and oxygen atoms in total. The number of hydrogen-bond acceptors (Lipinski definition) is 6. The second-order valence-corrected chi connectivity index (χ2v) is 6.66. The van der Waals surface area contributed by atoms with E-state index in [4.69, 9.17) is 16.3 Å². The largest absolute Gasteiger partial charge is 0.381 e. The third kappa shape index (κ3) is 3.68. The van der Waals surface area contributed by atoms with Gasteiger partial charge in [-0.1, -0.05) is 11.6 Å². The minimum atomic E-state index is 0.383. The first-order valence-corrected chi connectivity index (χ1v) is 8.91. The number of nitrogens with zero attached hydrogens (tertiary/aromatic N) is 5. The quantitative estimate of drug-likeness (QED) is 0.704. The van der Waals surface area contributed by atoms with Crippen molar-refractivity contribution < 1.29 is 4.74 Å². The summed E-state index contributed by atoms with van der Waals surface area (Å²) in [5.74, 6) is 0.520. The Bertz CT molecular complexity index is 889. The molecule has 134 valence electrons. The lowest BCUT2D eigenvalue weighted by atomic mass is 10.1. The molecule has 3 aromatic rings. The van der Waals surface area contributed by atoms with Crippen molar-refractivity contribution in [3.8, 4) is 11.3 Å². The van der Waals surface area contributed by atoms with Crippen LogP contribution >= 0.6 is 11.6 Å². The summed E-state index contributed by atoms with van der Waals surface area (Å²) >= 11 is 5.87. The van der Waals surface area contributed by atoms with Crippen molar-refractivity contribution in [2.24, 2.45) is 0 Å². The maximum atomic E-state index is 5.87. The zero-order chi connectivity index (χ0) is 17.9. The van der Waals surface area contributed by atoms with Crippen molar-refractivity contribution in [1.82, 2.24) is 24.7 Å². The molecule has 0 saturated carbocycles. The molecule has 4 heterocycles. The van der Waals surface area contributed by atoms with Gasteiger partial charge in [-0.05, 0) is 37.5 Å². The normalized spacial score (nSPS) is 15.2. The summed E-state index contributed by atoms with van der Waals surface area (Å²) in [5, 5.41) is 8.15. The monoisotopic (exact) mass is 370 g/mol. The van der Waals surface area contributed by atoms with Gasteiger partial charge in [0.25, 0.3) is 0 Å². The van der Waals surface area contributed by atoms with Gasteiger partial charge in [-0.15, -0.1) is 0 Å². The lowest BCUT2D eigenvalue weighted by Gasteiger charge is -2.22. The third-order valence-corrected chi connectivity index (χ3v) is 4.62. The Morgan fingerprint density at radius 3 is 2.77 bits per heavy atom. The molecule has 0 aliphatic carbocycles. The van der Waals surface area contributed by atoms with Gasteiger partial charge in [0.2, 0.25) is 5.95 Å². The highest BCUT2D eigenvalue weighted by atomic mass is 35.5. The van der Waals surface area contributed by atoms with Crippen LogP contribution in [-0.2, 0) is 4.74 Å². The third-order valence-electron chi connectivity index (χ3n) is 4.40. The van der Waals surface area contributed by atoms with Gasteiger partial charge in [0.15, 0.2) is 0 Å². The molecule has 0 radical (unpaired) electrons. The molecule has 26 heavy (non-hydrogen) atoms. The smallest absolute Gasteiger partial charge is 0.227 e. The first-order chi connectivity index (χ1) is 12.7. The van der Waals surface area contributed by atoms with Crippen LogP contribution in [0.5, 0.6) is 0 Å². The first kappa shape index (κ1) is 16.9. The van der Waals surface area contributed by atoms with Crippen LogP contribution in [0.25, 0.3) is 11.3 Å². The fourth-order valence-electron chi connectivity index (χ4n) is 2.99. The number of halogens is 1. The summed E-state index contributed by atoms with van der Waals surface area (Å²) in [6, 6.07) is 4.04. The predicted octanol–water partition coefficient (Wildman–Crippen LogP) is 3.79. The standard InChI is InChI=1S/C18H19ClN6O/c1-12-8-21-18(24-17(12)13-2-3-16(19)20-9-13)23-14-10-22-25(11-14)15-4-6-26-7-5-15/h2-3,8-11,15H,4-7H2,1H3,(H,21,23,24). The second kappa shape index (κ2) is 7.39. The number of pyridine rings is 1. The van der Waals surface area contributed by atoms with Crippen LogP contribution in [0.4, 0.5) is 11.6 Å². The molecular weight excluding hydrogens is 352 g/mol. The van der Waals surface area contributed by atoms with Crippen LogP contribution in [0.3, 0.4) is 0 Å². The topological polar surface area (TPSA) is 77.8 Å². The first-order valence-electron chi connectivity index (χ1n) is 8.53. The van der Waals surface area contributed by atoms with E-state index in [-0.39, 0.29) is 0 Å². The Labute approximate surface area is 156 Å². The molecule has 1 aliphatic heterocycles. The van der Waals surface area contributed by atoms with Crippen molar-refractivity contribution >= 4 is 23.2 Å². The molecule has 0 unspecified atom stereocenters. The summed E-state index contributed by atoms with van der Waals surface area (Å²) < 4.78 is 7.40. The SMILES string of the molecule is Cc1cnc(Nc2cnn(C3CCOCC3)c2)nc1-c1ccc(Cl)nc1. The molecule has 0 bridgehead atoms. The van der Waals surface area contributed by atoms with Crippen LogP contribution in [0.15, 0.2) is 36.9 Å². The number of aromatic nitrogens is 5. The summed E-state index contributed by atoms with van der Waals surface area (Å²) in [5.41, 5.74) is 3.55. The highest BCUT2D eigenvalue weighted by molar-refractivity contribution is 6.29. The number of aryl methyl sites for hydroxylation is 1. The van der Waals surface area contributed by atoms with Crippen molar-refractivity contribution in [3.05, 3.63) is 47.6 Å². The van der Waals surface area contributed by atoms with E-state index in [9.17, 15) is 0 Å². The summed E-state index contributed by atoms with van der Waals surface area (Å²) in [7, 11) is 0.